The van der Waals surface area contributed by atoms with E-state index in [4.69, 9.17) is 0 Å². The molecule has 0 bridgehead atoms. The van der Waals surface area contributed by atoms with E-state index in [0.29, 0.717) is 11.6 Å². The molecule has 0 unspecified atom stereocenters. The fourth-order valence-electron chi connectivity index (χ4n) is 3.14. The van der Waals surface area contributed by atoms with Gasteiger partial charge >= 0.3 is 0 Å². The highest BCUT2D eigenvalue weighted by molar-refractivity contribution is 4.86. The quantitative estimate of drug-likeness (QED) is 0.360. The van der Waals surface area contributed by atoms with E-state index in [-0.39, 0.29) is 0 Å². The van der Waals surface area contributed by atoms with Crippen LogP contribution in [-0.2, 0) is 0 Å². The van der Waals surface area contributed by atoms with Crippen LogP contribution < -0.4 is 5.32 Å². The molecule has 20 heavy (non-hydrogen) atoms. The van der Waals surface area contributed by atoms with Crippen LogP contribution in [0.15, 0.2) is 0 Å². The summed E-state index contributed by atoms with van der Waals surface area (Å²) in [6, 6.07) is 0.706. The second-order valence-electron chi connectivity index (χ2n) is 6.84. The van der Waals surface area contributed by atoms with Gasteiger partial charge in [0.1, 0.15) is 0 Å². The molecule has 0 amide bonds. The number of unbranched alkanes of at least 4 members (excludes halogenated alkanes) is 6. The van der Waals surface area contributed by atoms with Crippen LogP contribution in [0.25, 0.3) is 0 Å². The van der Waals surface area contributed by atoms with Crippen LogP contribution >= 0.6 is 0 Å². The molecule has 0 fully saturated rings. The van der Waals surface area contributed by atoms with Crippen LogP contribution in [0.1, 0.15) is 112 Å². The maximum Gasteiger partial charge on any atom is 0.0155 e. The largest absolute Gasteiger partial charge is 0.309 e. The molecular weight excluding hydrogens is 242 g/mol. The number of hydrogen-bond acceptors (Lipinski definition) is 1. The van der Waals surface area contributed by atoms with Gasteiger partial charge in [-0.1, -0.05) is 79.1 Å². The molecule has 0 saturated heterocycles. The van der Waals surface area contributed by atoms with Gasteiger partial charge in [0, 0.05) is 11.6 Å². The zero-order chi connectivity index (χ0) is 15.3. The molecule has 0 saturated carbocycles. The fraction of sp³-hybridized carbons (Fsp3) is 1.00. The maximum absolute atomic E-state index is 3.98. The van der Waals surface area contributed by atoms with Crippen LogP contribution in [0.3, 0.4) is 0 Å². The molecule has 0 rings (SSSR count). The lowest BCUT2D eigenvalue weighted by molar-refractivity contribution is 0.248. The molecule has 0 heterocycles. The Kier molecular flexibility index (Phi) is 12.7. The van der Waals surface area contributed by atoms with Crippen molar-refractivity contribution in [3.63, 3.8) is 0 Å². The minimum absolute atomic E-state index is 0.373. The van der Waals surface area contributed by atoms with Gasteiger partial charge in [0.2, 0.25) is 0 Å². The Hall–Kier alpha value is -0.0400. The molecule has 0 radical (unpaired) electrons. The smallest absolute Gasteiger partial charge is 0.0155 e. The van der Waals surface area contributed by atoms with Crippen molar-refractivity contribution < 1.29 is 0 Å². The Bertz CT molecular complexity index is 184. The fourth-order valence-corrected chi connectivity index (χ4v) is 3.14. The van der Waals surface area contributed by atoms with Crippen molar-refractivity contribution in [3.05, 3.63) is 0 Å². The summed E-state index contributed by atoms with van der Waals surface area (Å²) in [4.78, 5) is 0. The predicted molar refractivity (Wildman–Crippen MR) is 93.4 cm³/mol. The average Bonchev–Trinajstić information content (AvgIpc) is 2.46. The SMILES string of the molecule is CCCCCCC(C)(CCCCCC)NC(CC)CC. The molecule has 1 nitrogen and oxygen atoms in total. The van der Waals surface area contributed by atoms with Crippen molar-refractivity contribution in [2.24, 2.45) is 0 Å². The lowest BCUT2D eigenvalue weighted by Crippen LogP contribution is -2.47. The van der Waals surface area contributed by atoms with Crippen LogP contribution in [0.2, 0.25) is 0 Å². The van der Waals surface area contributed by atoms with Crippen molar-refractivity contribution in [1.29, 1.82) is 0 Å². The summed E-state index contributed by atoms with van der Waals surface area (Å²) in [6.07, 6.45) is 16.3. The first-order valence-electron chi connectivity index (χ1n) is 9.39. The Morgan fingerprint density at radius 2 is 1.15 bits per heavy atom. The first-order valence-corrected chi connectivity index (χ1v) is 9.39. The Morgan fingerprint density at radius 1 is 0.700 bits per heavy atom. The summed E-state index contributed by atoms with van der Waals surface area (Å²) in [5.41, 5.74) is 0.373. The van der Waals surface area contributed by atoms with Gasteiger partial charge in [-0.25, -0.2) is 0 Å². The van der Waals surface area contributed by atoms with Crippen molar-refractivity contribution in [2.75, 3.05) is 0 Å². The van der Waals surface area contributed by atoms with Crippen LogP contribution in [0, 0.1) is 0 Å². The van der Waals surface area contributed by atoms with Crippen molar-refractivity contribution in [2.45, 2.75) is 123 Å². The molecule has 0 spiro atoms. The first kappa shape index (κ1) is 20.0. The zero-order valence-electron chi connectivity index (χ0n) is 15.1. The number of hydrogen-bond donors (Lipinski definition) is 1. The third-order valence-corrected chi connectivity index (χ3v) is 4.70. The second-order valence-corrected chi connectivity index (χ2v) is 6.84. The molecule has 122 valence electrons. The highest BCUT2D eigenvalue weighted by Crippen LogP contribution is 2.24. The molecule has 0 atom stereocenters. The molecule has 0 aliphatic heterocycles. The van der Waals surface area contributed by atoms with Gasteiger partial charge in [-0.3, -0.25) is 0 Å². The molecule has 0 aliphatic carbocycles. The Balaban J connectivity index is 4.25. The van der Waals surface area contributed by atoms with Gasteiger partial charge in [-0.15, -0.1) is 0 Å². The molecule has 1 N–H and O–H groups in total. The highest BCUT2D eigenvalue weighted by Gasteiger charge is 2.25. The van der Waals surface area contributed by atoms with E-state index >= 15 is 0 Å². The molecule has 1 heteroatoms. The van der Waals surface area contributed by atoms with Gasteiger partial charge in [-0.05, 0) is 32.6 Å². The topological polar surface area (TPSA) is 12.0 Å². The Labute approximate surface area is 129 Å². The van der Waals surface area contributed by atoms with E-state index in [1.165, 1.54) is 77.0 Å². The van der Waals surface area contributed by atoms with Gasteiger partial charge in [0.25, 0.3) is 0 Å². The summed E-state index contributed by atoms with van der Waals surface area (Å²) in [5, 5.41) is 3.98. The van der Waals surface area contributed by atoms with Crippen LogP contribution in [0.4, 0.5) is 0 Å². The highest BCUT2D eigenvalue weighted by atomic mass is 15.0. The molecule has 0 aliphatic rings. The summed E-state index contributed by atoms with van der Waals surface area (Å²) in [6.45, 7) is 11.7. The lowest BCUT2D eigenvalue weighted by atomic mass is 9.87. The monoisotopic (exact) mass is 283 g/mol. The summed E-state index contributed by atoms with van der Waals surface area (Å²) in [5.74, 6) is 0. The minimum atomic E-state index is 0.373. The predicted octanol–water partition coefficient (Wildman–Crippen LogP) is 6.46. The first-order chi connectivity index (χ1) is 9.61. The summed E-state index contributed by atoms with van der Waals surface area (Å²) >= 11 is 0. The Morgan fingerprint density at radius 3 is 1.50 bits per heavy atom. The standard InChI is InChI=1S/C19H41N/c1-6-10-12-14-16-19(5,17-15-13-11-7-2)20-18(8-3)9-4/h18,20H,6-17H2,1-5H3. The van der Waals surface area contributed by atoms with E-state index in [0.717, 1.165) is 0 Å². The molecule has 0 aromatic carbocycles. The van der Waals surface area contributed by atoms with E-state index in [1.54, 1.807) is 0 Å². The van der Waals surface area contributed by atoms with E-state index in [9.17, 15) is 0 Å². The van der Waals surface area contributed by atoms with Crippen molar-refractivity contribution >= 4 is 0 Å². The third-order valence-electron chi connectivity index (χ3n) is 4.70. The lowest BCUT2D eigenvalue weighted by Gasteiger charge is -2.35. The zero-order valence-corrected chi connectivity index (χ0v) is 15.1. The van der Waals surface area contributed by atoms with E-state index in [2.05, 4.69) is 39.9 Å². The summed E-state index contributed by atoms with van der Waals surface area (Å²) < 4.78 is 0. The number of rotatable bonds is 14. The van der Waals surface area contributed by atoms with E-state index < -0.39 is 0 Å². The van der Waals surface area contributed by atoms with E-state index in [1.807, 2.05) is 0 Å². The van der Waals surface area contributed by atoms with Gasteiger partial charge in [-0.2, -0.15) is 0 Å². The maximum atomic E-state index is 3.98. The van der Waals surface area contributed by atoms with Crippen LogP contribution in [0.5, 0.6) is 0 Å². The van der Waals surface area contributed by atoms with Crippen molar-refractivity contribution in [1.82, 2.24) is 5.32 Å². The second kappa shape index (κ2) is 12.7. The van der Waals surface area contributed by atoms with Gasteiger partial charge in [0.15, 0.2) is 0 Å². The summed E-state index contributed by atoms with van der Waals surface area (Å²) in [7, 11) is 0. The normalized spacial score (nSPS) is 12.3. The molecular formula is C19H41N. The van der Waals surface area contributed by atoms with Crippen molar-refractivity contribution in [3.8, 4) is 0 Å². The number of nitrogens with one attached hydrogen (secondary N) is 1. The van der Waals surface area contributed by atoms with Gasteiger partial charge in [0.05, 0.1) is 0 Å². The van der Waals surface area contributed by atoms with Gasteiger partial charge < -0.3 is 5.32 Å². The molecule has 0 aromatic heterocycles. The minimum Gasteiger partial charge on any atom is -0.309 e. The average molecular weight is 284 g/mol. The molecule has 0 aromatic rings. The third kappa shape index (κ3) is 9.80. The van der Waals surface area contributed by atoms with Crippen LogP contribution in [-0.4, -0.2) is 11.6 Å².